The van der Waals surface area contributed by atoms with Gasteiger partial charge in [-0.25, -0.2) is 4.98 Å². The minimum Gasteiger partial charge on any atom is -0.396 e. The summed E-state index contributed by atoms with van der Waals surface area (Å²) in [6, 6.07) is 0.635. The molecule has 1 aromatic heterocycles. The lowest BCUT2D eigenvalue weighted by Gasteiger charge is -2.21. The van der Waals surface area contributed by atoms with E-state index in [4.69, 9.17) is 5.11 Å². The van der Waals surface area contributed by atoms with Crippen LogP contribution in [-0.4, -0.2) is 27.3 Å². The zero-order chi connectivity index (χ0) is 12.3. The average Bonchev–Trinajstić information content (AvgIpc) is 2.95. The summed E-state index contributed by atoms with van der Waals surface area (Å²) in [4.78, 5) is 4.40. The number of nitrogens with one attached hydrogen (secondary N) is 1. The summed E-state index contributed by atoms with van der Waals surface area (Å²) in [7, 11) is 2.02. The maximum Gasteiger partial charge on any atom is 0.125 e. The van der Waals surface area contributed by atoms with Crippen LogP contribution in [0.5, 0.6) is 0 Å². The van der Waals surface area contributed by atoms with Gasteiger partial charge in [0.1, 0.15) is 5.82 Å². The summed E-state index contributed by atoms with van der Waals surface area (Å²) >= 11 is 0. The Morgan fingerprint density at radius 3 is 2.94 bits per heavy atom. The number of nitrogens with zero attached hydrogens (tertiary/aromatic N) is 2. The number of aliphatic hydroxyl groups is 1. The van der Waals surface area contributed by atoms with Crippen LogP contribution in [0.3, 0.4) is 0 Å². The lowest BCUT2D eigenvalue weighted by molar-refractivity contribution is 0.244. The lowest BCUT2D eigenvalue weighted by atomic mass is 10.1. The van der Waals surface area contributed by atoms with Gasteiger partial charge in [0, 0.05) is 38.0 Å². The van der Waals surface area contributed by atoms with Gasteiger partial charge in [-0.05, 0) is 12.8 Å². The fraction of sp³-hybridized carbons (Fsp3) is 0.615. The number of imidazole rings is 1. The average molecular weight is 235 g/mol. The molecule has 4 nitrogen and oxygen atoms in total. The van der Waals surface area contributed by atoms with E-state index in [-0.39, 0.29) is 12.6 Å². The van der Waals surface area contributed by atoms with Gasteiger partial charge in [-0.2, -0.15) is 0 Å². The molecule has 0 amide bonds. The first-order valence-electron chi connectivity index (χ1n) is 6.27. The van der Waals surface area contributed by atoms with Gasteiger partial charge in [0.15, 0.2) is 0 Å². The van der Waals surface area contributed by atoms with Crippen molar-refractivity contribution < 1.29 is 5.11 Å². The molecule has 0 saturated heterocycles. The van der Waals surface area contributed by atoms with Crippen LogP contribution in [0.2, 0.25) is 0 Å². The first kappa shape index (κ1) is 12.3. The Bertz CT molecular complexity index is 386. The van der Waals surface area contributed by atoms with Crippen LogP contribution in [-0.2, 0) is 7.05 Å². The molecular weight excluding hydrogens is 214 g/mol. The Hall–Kier alpha value is -1.13. The molecular formula is C13H21N3O. The summed E-state index contributed by atoms with van der Waals surface area (Å²) in [5, 5.41) is 12.7. The molecule has 0 bridgehead atoms. The van der Waals surface area contributed by atoms with Gasteiger partial charge in [-0.3, -0.25) is 0 Å². The highest BCUT2D eigenvalue weighted by molar-refractivity contribution is 5.08. The monoisotopic (exact) mass is 235 g/mol. The minimum atomic E-state index is 0.244. The maximum absolute atomic E-state index is 9.11. The van der Waals surface area contributed by atoms with Crippen molar-refractivity contribution in [3.05, 3.63) is 30.4 Å². The first-order valence-corrected chi connectivity index (χ1v) is 6.27. The van der Waals surface area contributed by atoms with Gasteiger partial charge in [0.25, 0.3) is 0 Å². The molecule has 2 rings (SSSR count). The Labute approximate surface area is 102 Å². The third kappa shape index (κ3) is 2.76. The summed E-state index contributed by atoms with van der Waals surface area (Å²) in [6.07, 6.45) is 10.1. The zero-order valence-corrected chi connectivity index (χ0v) is 10.5. The largest absolute Gasteiger partial charge is 0.396 e. The molecule has 1 aliphatic rings. The van der Waals surface area contributed by atoms with Gasteiger partial charge < -0.3 is 15.0 Å². The van der Waals surface area contributed by atoms with Gasteiger partial charge in [0.05, 0.1) is 6.04 Å². The smallest absolute Gasteiger partial charge is 0.125 e. The third-order valence-electron chi connectivity index (χ3n) is 3.40. The molecule has 1 heterocycles. The predicted molar refractivity (Wildman–Crippen MR) is 67.5 cm³/mol. The quantitative estimate of drug-likeness (QED) is 0.758. The van der Waals surface area contributed by atoms with E-state index in [0.717, 1.165) is 18.7 Å². The molecule has 0 saturated carbocycles. The number of aryl methyl sites for hydroxylation is 1. The molecule has 0 fully saturated rings. The van der Waals surface area contributed by atoms with Crippen LogP contribution >= 0.6 is 0 Å². The molecule has 0 radical (unpaired) electrons. The van der Waals surface area contributed by atoms with Gasteiger partial charge >= 0.3 is 0 Å². The molecule has 1 aliphatic carbocycles. The highest BCUT2D eigenvalue weighted by Crippen LogP contribution is 2.22. The third-order valence-corrected chi connectivity index (χ3v) is 3.40. The SMILES string of the molecule is CC[C@H](N[C@@H]1C=C[C@H](CO)C1)c1nccn1C. The van der Waals surface area contributed by atoms with E-state index in [1.54, 1.807) is 0 Å². The van der Waals surface area contributed by atoms with Crippen LogP contribution in [0, 0.1) is 5.92 Å². The van der Waals surface area contributed by atoms with Crippen LogP contribution in [0.25, 0.3) is 0 Å². The normalized spacial score (nSPS) is 25.4. The van der Waals surface area contributed by atoms with E-state index in [2.05, 4.69) is 33.9 Å². The second-order valence-corrected chi connectivity index (χ2v) is 4.69. The predicted octanol–water partition coefficient (Wildman–Crippen LogP) is 1.40. The second-order valence-electron chi connectivity index (χ2n) is 4.69. The topological polar surface area (TPSA) is 50.1 Å². The molecule has 4 heteroatoms. The Morgan fingerprint density at radius 1 is 1.59 bits per heavy atom. The maximum atomic E-state index is 9.11. The molecule has 17 heavy (non-hydrogen) atoms. The summed E-state index contributed by atoms with van der Waals surface area (Å²) in [5.41, 5.74) is 0. The van der Waals surface area contributed by atoms with Crippen LogP contribution in [0.15, 0.2) is 24.5 Å². The van der Waals surface area contributed by atoms with E-state index in [9.17, 15) is 0 Å². The Kier molecular flexibility index (Phi) is 3.97. The summed E-state index contributed by atoms with van der Waals surface area (Å²) in [5.74, 6) is 1.39. The number of aromatic nitrogens is 2. The second kappa shape index (κ2) is 5.47. The minimum absolute atomic E-state index is 0.244. The van der Waals surface area contributed by atoms with Crippen LogP contribution in [0.1, 0.15) is 31.6 Å². The van der Waals surface area contributed by atoms with Gasteiger partial charge in [0.2, 0.25) is 0 Å². The van der Waals surface area contributed by atoms with Crippen molar-refractivity contribution in [3.8, 4) is 0 Å². The fourth-order valence-electron chi connectivity index (χ4n) is 2.38. The van der Waals surface area contributed by atoms with Crippen LogP contribution < -0.4 is 5.32 Å². The molecule has 2 N–H and O–H groups in total. The van der Waals surface area contributed by atoms with Crippen LogP contribution in [0.4, 0.5) is 0 Å². The molecule has 1 aromatic rings. The van der Waals surface area contributed by atoms with E-state index in [1.165, 1.54) is 0 Å². The number of rotatable bonds is 5. The van der Waals surface area contributed by atoms with Crippen molar-refractivity contribution in [2.45, 2.75) is 31.8 Å². The number of hydrogen-bond donors (Lipinski definition) is 2. The summed E-state index contributed by atoms with van der Waals surface area (Å²) in [6.45, 7) is 2.41. The lowest BCUT2D eigenvalue weighted by Crippen LogP contribution is -2.32. The highest BCUT2D eigenvalue weighted by Gasteiger charge is 2.22. The molecule has 94 valence electrons. The Morgan fingerprint density at radius 2 is 2.41 bits per heavy atom. The highest BCUT2D eigenvalue weighted by atomic mass is 16.3. The van der Waals surface area contributed by atoms with Crippen molar-refractivity contribution in [2.24, 2.45) is 13.0 Å². The molecule has 3 atom stereocenters. The van der Waals surface area contributed by atoms with Crippen molar-refractivity contribution in [1.29, 1.82) is 0 Å². The molecule has 0 aliphatic heterocycles. The first-order chi connectivity index (χ1) is 8.24. The van der Waals surface area contributed by atoms with Crippen molar-refractivity contribution >= 4 is 0 Å². The van der Waals surface area contributed by atoms with E-state index >= 15 is 0 Å². The van der Waals surface area contributed by atoms with Crippen molar-refractivity contribution in [2.75, 3.05) is 6.61 Å². The molecule has 0 aromatic carbocycles. The van der Waals surface area contributed by atoms with Crippen molar-refractivity contribution in [3.63, 3.8) is 0 Å². The number of hydrogen-bond acceptors (Lipinski definition) is 3. The van der Waals surface area contributed by atoms with Gasteiger partial charge in [-0.1, -0.05) is 19.1 Å². The summed E-state index contributed by atoms with van der Waals surface area (Å²) < 4.78 is 2.06. The standard InChI is InChI=1S/C13H21N3O/c1-3-12(13-14-6-7-16(13)2)15-11-5-4-10(8-11)9-17/h4-7,10-12,15,17H,3,8-9H2,1-2H3/t10-,11+,12-/m0/s1. The van der Waals surface area contributed by atoms with E-state index < -0.39 is 0 Å². The molecule has 0 unspecified atom stereocenters. The van der Waals surface area contributed by atoms with E-state index in [0.29, 0.717) is 12.0 Å². The fourth-order valence-corrected chi connectivity index (χ4v) is 2.38. The zero-order valence-electron chi connectivity index (χ0n) is 10.5. The number of aliphatic hydroxyl groups excluding tert-OH is 1. The Balaban J connectivity index is 1.98. The van der Waals surface area contributed by atoms with E-state index in [1.807, 2.05) is 19.4 Å². The molecule has 0 spiro atoms. The van der Waals surface area contributed by atoms with Crippen molar-refractivity contribution in [1.82, 2.24) is 14.9 Å². The van der Waals surface area contributed by atoms with Gasteiger partial charge in [-0.15, -0.1) is 0 Å².